The molecule has 1 aromatic rings. The Morgan fingerprint density at radius 3 is 2.95 bits per heavy atom. The monoisotopic (exact) mass is 330 g/mol. The molecule has 0 spiro atoms. The number of carbonyl (C=O) groups excluding carboxylic acids is 1. The molecule has 2 aliphatic rings. The van der Waals surface area contributed by atoms with Crippen molar-refractivity contribution < 1.29 is 18.7 Å². The highest BCUT2D eigenvalue weighted by Crippen LogP contribution is 2.23. The molecule has 1 amide bonds. The van der Waals surface area contributed by atoms with Gasteiger partial charge in [-0.3, -0.25) is 4.79 Å². The Bertz CT molecular complexity index is 511. The van der Waals surface area contributed by atoms with Gasteiger partial charge in [0, 0.05) is 13.1 Å². The minimum Gasteiger partial charge on any atom is -0.378 e. The fraction of sp³-hybridized carbons (Fsp3) is 0.533. The summed E-state index contributed by atoms with van der Waals surface area (Å²) in [4.78, 5) is 14.2. The predicted molar refractivity (Wildman–Crippen MR) is 81.5 cm³/mol. The van der Waals surface area contributed by atoms with E-state index >= 15 is 0 Å². The molecule has 0 aromatic heterocycles. The van der Waals surface area contributed by atoms with Crippen LogP contribution in [-0.4, -0.2) is 56.3 Å². The Morgan fingerprint density at radius 1 is 1.36 bits per heavy atom. The van der Waals surface area contributed by atoms with Gasteiger partial charge in [0.2, 0.25) is 5.91 Å². The van der Waals surface area contributed by atoms with E-state index in [1.807, 2.05) is 6.07 Å². The fourth-order valence-corrected chi connectivity index (χ4v) is 2.70. The molecule has 3 rings (SSSR count). The lowest BCUT2D eigenvalue weighted by atomic mass is 10.1. The summed E-state index contributed by atoms with van der Waals surface area (Å²) in [6.45, 7) is 3.19. The third kappa shape index (κ3) is 3.95. The number of carbonyl (C=O) groups is 1. The number of morpholine rings is 2. The van der Waals surface area contributed by atoms with E-state index in [1.165, 1.54) is 12.1 Å². The minimum atomic E-state index is -0.290. The maximum atomic E-state index is 13.3. The van der Waals surface area contributed by atoms with Crippen LogP contribution in [0.15, 0.2) is 24.3 Å². The first-order chi connectivity index (χ1) is 10.2. The quantitative estimate of drug-likeness (QED) is 0.883. The van der Waals surface area contributed by atoms with Crippen LogP contribution in [0, 0.1) is 5.82 Å². The number of nitrogens with zero attached hydrogens (tertiary/aromatic N) is 1. The van der Waals surface area contributed by atoms with Gasteiger partial charge in [0.1, 0.15) is 18.0 Å². The molecule has 2 heterocycles. The van der Waals surface area contributed by atoms with Crippen molar-refractivity contribution in [1.29, 1.82) is 0 Å². The first-order valence-corrected chi connectivity index (χ1v) is 7.21. The van der Waals surface area contributed by atoms with Gasteiger partial charge in [0.15, 0.2) is 0 Å². The summed E-state index contributed by atoms with van der Waals surface area (Å²) in [6, 6.07) is 6.05. The Hall–Kier alpha value is -1.21. The van der Waals surface area contributed by atoms with Crippen molar-refractivity contribution in [2.45, 2.75) is 12.1 Å². The second kappa shape index (κ2) is 7.87. The number of rotatable bonds is 2. The van der Waals surface area contributed by atoms with Crippen LogP contribution in [0.5, 0.6) is 0 Å². The van der Waals surface area contributed by atoms with Gasteiger partial charge in [0.05, 0.1) is 26.4 Å². The van der Waals surface area contributed by atoms with Crippen LogP contribution in [0.1, 0.15) is 11.7 Å². The van der Waals surface area contributed by atoms with E-state index in [1.54, 1.807) is 11.0 Å². The van der Waals surface area contributed by atoms with Crippen molar-refractivity contribution in [2.75, 3.05) is 39.5 Å². The van der Waals surface area contributed by atoms with Crippen molar-refractivity contribution in [1.82, 2.24) is 10.2 Å². The third-order valence-electron chi connectivity index (χ3n) is 3.82. The molecule has 122 valence electrons. The first kappa shape index (κ1) is 17.1. The molecular weight excluding hydrogens is 311 g/mol. The predicted octanol–water partition coefficient (Wildman–Crippen LogP) is 1.14. The Balaban J connectivity index is 0.00000176. The molecule has 0 aliphatic carbocycles. The van der Waals surface area contributed by atoms with Crippen molar-refractivity contribution in [2.24, 2.45) is 0 Å². The standard InChI is InChI=1S/C15H19FN2O3.ClH/c16-12-3-1-2-11(8-12)14-9-18(5-7-21-14)15(19)13-10-20-6-4-17-13;/h1-3,8,13-14,17H,4-7,9-10H2;1H. The highest BCUT2D eigenvalue weighted by molar-refractivity contribution is 5.85. The van der Waals surface area contributed by atoms with Crippen molar-refractivity contribution in [3.63, 3.8) is 0 Å². The molecule has 22 heavy (non-hydrogen) atoms. The topological polar surface area (TPSA) is 50.8 Å². The van der Waals surface area contributed by atoms with E-state index in [0.717, 1.165) is 5.56 Å². The number of amides is 1. The van der Waals surface area contributed by atoms with Crippen LogP contribution in [0.4, 0.5) is 4.39 Å². The van der Waals surface area contributed by atoms with Gasteiger partial charge < -0.3 is 19.7 Å². The van der Waals surface area contributed by atoms with E-state index in [2.05, 4.69) is 5.32 Å². The molecule has 0 bridgehead atoms. The zero-order valence-electron chi connectivity index (χ0n) is 12.2. The lowest BCUT2D eigenvalue weighted by Crippen LogP contribution is -2.55. The van der Waals surface area contributed by atoms with E-state index < -0.39 is 0 Å². The largest absolute Gasteiger partial charge is 0.378 e. The molecule has 2 aliphatic heterocycles. The van der Waals surface area contributed by atoms with Gasteiger partial charge in [0.25, 0.3) is 0 Å². The molecule has 2 atom stereocenters. The molecule has 0 radical (unpaired) electrons. The molecular formula is C15H20ClFN2O3. The third-order valence-corrected chi connectivity index (χ3v) is 3.82. The van der Waals surface area contributed by atoms with Crippen LogP contribution in [0.3, 0.4) is 0 Å². The number of benzene rings is 1. The molecule has 2 fully saturated rings. The van der Waals surface area contributed by atoms with Gasteiger partial charge in [-0.25, -0.2) is 4.39 Å². The normalized spacial score (nSPS) is 25.4. The molecule has 1 aromatic carbocycles. The van der Waals surface area contributed by atoms with Gasteiger partial charge >= 0.3 is 0 Å². The summed E-state index contributed by atoms with van der Waals surface area (Å²) in [6.07, 6.45) is -0.275. The number of hydrogen-bond acceptors (Lipinski definition) is 4. The van der Waals surface area contributed by atoms with E-state index in [-0.39, 0.29) is 36.3 Å². The van der Waals surface area contributed by atoms with Gasteiger partial charge in [-0.2, -0.15) is 0 Å². The Morgan fingerprint density at radius 2 is 2.23 bits per heavy atom. The number of nitrogens with one attached hydrogen (secondary N) is 1. The smallest absolute Gasteiger partial charge is 0.242 e. The number of halogens is 2. The van der Waals surface area contributed by atoms with Crippen LogP contribution in [0.25, 0.3) is 0 Å². The zero-order valence-corrected chi connectivity index (χ0v) is 13.0. The van der Waals surface area contributed by atoms with Gasteiger partial charge in [-0.15, -0.1) is 12.4 Å². The number of hydrogen-bond donors (Lipinski definition) is 1. The van der Waals surface area contributed by atoms with E-state index in [9.17, 15) is 9.18 Å². The molecule has 1 N–H and O–H groups in total. The molecule has 2 saturated heterocycles. The summed E-state index contributed by atoms with van der Waals surface area (Å²) in [5.41, 5.74) is 0.764. The lowest BCUT2D eigenvalue weighted by molar-refractivity contribution is -0.144. The van der Waals surface area contributed by atoms with E-state index in [4.69, 9.17) is 9.47 Å². The maximum absolute atomic E-state index is 13.3. The highest BCUT2D eigenvalue weighted by atomic mass is 35.5. The Labute approximate surface area is 135 Å². The van der Waals surface area contributed by atoms with Crippen molar-refractivity contribution >= 4 is 18.3 Å². The van der Waals surface area contributed by atoms with Crippen LogP contribution < -0.4 is 5.32 Å². The minimum absolute atomic E-state index is 0. The Kier molecular flexibility index (Phi) is 6.14. The van der Waals surface area contributed by atoms with Crippen molar-refractivity contribution in [3.8, 4) is 0 Å². The summed E-state index contributed by atoms with van der Waals surface area (Å²) in [5, 5.41) is 3.16. The highest BCUT2D eigenvalue weighted by Gasteiger charge is 2.31. The molecule has 2 unspecified atom stereocenters. The van der Waals surface area contributed by atoms with Gasteiger partial charge in [-0.1, -0.05) is 12.1 Å². The second-order valence-corrected chi connectivity index (χ2v) is 5.28. The average molecular weight is 331 g/mol. The molecule has 7 heteroatoms. The van der Waals surface area contributed by atoms with Crippen LogP contribution in [-0.2, 0) is 14.3 Å². The fourth-order valence-electron chi connectivity index (χ4n) is 2.70. The van der Waals surface area contributed by atoms with Crippen LogP contribution >= 0.6 is 12.4 Å². The van der Waals surface area contributed by atoms with Crippen molar-refractivity contribution in [3.05, 3.63) is 35.6 Å². The van der Waals surface area contributed by atoms with E-state index in [0.29, 0.717) is 39.5 Å². The zero-order chi connectivity index (χ0) is 14.7. The molecule has 0 saturated carbocycles. The SMILES string of the molecule is Cl.O=C(C1COCCN1)N1CCOC(c2cccc(F)c2)C1. The lowest BCUT2D eigenvalue weighted by Gasteiger charge is -2.36. The second-order valence-electron chi connectivity index (χ2n) is 5.28. The molecule has 5 nitrogen and oxygen atoms in total. The summed E-state index contributed by atoms with van der Waals surface area (Å²) in [5.74, 6) is -0.263. The summed E-state index contributed by atoms with van der Waals surface area (Å²) in [7, 11) is 0. The van der Waals surface area contributed by atoms with Crippen LogP contribution in [0.2, 0.25) is 0 Å². The summed E-state index contributed by atoms with van der Waals surface area (Å²) < 4.78 is 24.3. The first-order valence-electron chi connectivity index (χ1n) is 7.21. The number of ether oxygens (including phenoxy) is 2. The maximum Gasteiger partial charge on any atom is 0.242 e. The van der Waals surface area contributed by atoms with Gasteiger partial charge in [-0.05, 0) is 17.7 Å². The average Bonchev–Trinajstić information content (AvgIpc) is 2.55. The summed E-state index contributed by atoms with van der Waals surface area (Å²) >= 11 is 0.